The first-order valence-electron chi connectivity index (χ1n) is 4.36. The van der Waals surface area contributed by atoms with Gasteiger partial charge in [0.15, 0.2) is 0 Å². The van der Waals surface area contributed by atoms with E-state index in [4.69, 9.17) is 5.21 Å². The largest absolute Gasteiger partial charge is 0.411 e. The lowest BCUT2D eigenvalue weighted by atomic mass is 9.98. The number of carbonyl (C=O) groups is 1. The molecule has 1 rings (SSSR count). The van der Waals surface area contributed by atoms with Gasteiger partial charge in [0.2, 0.25) is 0 Å². The summed E-state index contributed by atoms with van der Waals surface area (Å²) in [6.45, 7) is 3.20. The highest BCUT2D eigenvalue weighted by Gasteiger charge is 2.24. The van der Waals surface area contributed by atoms with E-state index < -0.39 is 0 Å². The second-order valence-corrected chi connectivity index (χ2v) is 3.24. The van der Waals surface area contributed by atoms with Gasteiger partial charge < -0.3 is 15.4 Å². The van der Waals surface area contributed by atoms with Crippen LogP contribution in [0.25, 0.3) is 0 Å². The second-order valence-electron chi connectivity index (χ2n) is 3.24. The van der Waals surface area contributed by atoms with Crippen LogP contribution in [-0.2, 0) is 0 Å². The predicted octanol–water partition coefficient (Wildman–Crippen LogP) is 0.498. The van der Waals surface area contributed by atoms with Crippen molar-refractivity contribution in [2.45, 2.75) is 13.3 Å². The summed E-state index contributed by atoms with van der Waals surface area (Å²) in [7, 11) is 1.61. The highest BCUT2D eigenvalue weighted by Crippen LogP contribution is 2.13. The number of oxime groups is 1. The zero-order valence-electron chi connectivity index (χ0n) is 7.95. The molecule has 1 atom stereocenters. The van der Waals surface area contributed by atoms with Crippen molar-refractivity contribution in [1.29, 1.82) is 0 Å². The standard InChI is InChI=1S/C8H15N3O2/c1-6-5-11(8(12)9-2)4-3-7(6)10-13/h6,13H,3-5H2,1-2H3,(H,9,12). The summed E-state index contributed by atoms with van der Waals surface area (Å²) >= 11 is 0. The lowest BCUT2D eigenvalue weighted by Crippen LogP contribution is -2.46. The molecule has 2 amide bonds. The van der Waals surface area contributed by atoms with Gasteiger partial charge in [-0.15, -0.1) is 0 Å². The third kappa shape index (κ3) is 2.11. The van der Waals surface area contributed by atoms with Gasteiger partial charge in [0, 0.05) is 32.5 Å². The number of hydrogen-bond donors (Lipinski definition) is 2. The van der Waals surface area contributed by atoms with Gasteiger partial charge in [-0.1, -0.05) is 12.1 Å². The van der Waals surface area contributed by atoms with Gasteiger partial charge in [-0.3, -0.25) is 0 Å². The minimum Gasteiger partial charge on any atom is -0.411 e. The Balaban J connectivity index is 2.55. The zero-order chi connectivity index (χ0) is 9.84. The van der Waals surface area contributed by atoms with E-state index in [0.29, 0.717) is 19.5 Å². The van der Waals surface area contributed by atoms with Crippen molar-refractivity contribution in [3.05, 3.63) is 0 Å². The molecular weight excluding hydrogens is 170 g/mol. The first-order valence-corrected chi connectivity index (χ1v) is 4.36. The SMILES string of the molecule is CNC(=O)N1CCC(=NO)C(C)C1. The molecule has 5 nitrogen and oxygen atoms in total. The number of rotatable bonds is 0. The maximum absolute atomic E-state index is 11.2. The molecule has 1 unspecified atom stereocenters. The van der Waals surface area contributed by atoms with Crippen LogP contribution in [0.2, 0.25) is 0 Å². The molecule has 0 aromatic carbocycles. The maximum Gasteiger partial charge on any atom is 0.317 e. The fourth-order valence-corrected chi connectivity index (χ4v) is 1.51. The molecule has 74 valence electrons. The zero-order valence-corrected chi connectivity index (χ0v) is 7.95. The molecule has 0 saturated carbocycles. The number of urea groups is 1. The lowest BCUT2D eigenvalue weighted by molar-refractivity contribution is 0.191. The molecule has 1 fully saturated rings. The van der Waals surface area contributed by atoms with E-state index in [-0.39, 0.29) is 11.9 Å². The summed E-state index contributed by atoms with van der Waals surface area (Å²) in [5.74, 6) is 0.149. The van der Waals surface area contributed by atoms with Crippen molar-refractivity contribution in [2.24, 2.45) is 11.1 Å². The molecule has 1 aliphatic rings. The van der Waals surface area contributed by atoms with Crippen molar-refractivity contribution in [1.82, 2.24) is 10.2 Å². The van der Waals surface area contributed by atoms with Crippen molar-refractivity contribution in [3.8, 4) is 0 Å². The summed E-state index contributed by atoms with van der Waals surface area (Å²) in [5.41, 5.74) is 0.778. The van der Waals surface area contributed by atoms with Crippen molar-refractivity contribution in [3.63, 3.8) is 0 Å². The average molecular weight is 185 g/mol. The number of nitrogens with zero attached hydrogens (tertiary/aromatic N) is 2. The van der Waals surface area contributed by atoms with Gasteiger partial charge >= 0.3 is 6.03 Å². The van der Waals surface area contributed by atoms with E-state index in [1.54, 1.807) is 11.9 Å². The van der Waals surface area contributed by atoms with Gasteiger partial charge in [0.1, 0.15) is 0 Å². The molecule has 0 aliphatic carbocycles. The third-order valence-electron chi connectivity index (χ3n) is 2.33. The van der Waals surface area contributed by atoms with Crippen LogP contribution in [0.15, 0.2) is 5.16 Å². The van der Waals surface area contributed by atoms with Gasteiger partial charge in [-0.2, -0.15) is 0 Å². The molecule has 1 aliphatic heterocycles. The molecule has 1 heterocycles. The third-order valence-corrected chi connectivity index (χ3v) is 2.33. The quantitative estimate of drug-likeness (QED) is 0.426. The fourth-order valence-electron chi connectivity index (χ4n) is 1.51. The van der Waals surface area contributed by atoms with Gasteiger partial charge in [-0.25, -0.2) is 4.79 Å². The average Bonchev–Trinajstić information content (AvgIpc) is 2.16. The van der Waals surface area contributed by atoms with E-state index in [0.717, 1.165) is 5.71 Å². The molecule has 0 bridgehead atoms. The van der Waals surface area contributed by atoms with E-state index >= 15 is 0 Å². The van der Waals surface area contributed by atoms with Crippen LogP contribution in [0.1, 0.15) is 13.3 Å². The fraction of sp³-hybridized carbons (Fsp3) is 0.750. The maximum atomic E-state index is 11.2. The highest BCUT2D eigenvalue weighted by atomic mass is 16.4. The monoisotopic (exact) mass is 185 g/mol. The minimum atomic E-state index is -0.0659. The van der Waals surface area contributed by atoms with Crippen LogP contribution in [-0.4, -0.2) is 42.0 Å². The van der Waals surface area contributed by atoms with Gasteiger partial charge in [-0.05, 0) is 0 Å². The summed E-state index contributed by atoms with van der Waals surface area (Å²) in [4.78, 5) is 12.9. The van der Waals surface area contributed by atoms with Gasteiger partial charge in [0.05, 0.1) is 5.71 Å². The van der Waals surface area contributed by atoms with Crippen molar-refractivity contribution < 1.29 is 10.0 Å². The summed E-state index contributed by atoms with van der Waals surface area (Å²) in [5, 5.41) is 14.4. The van der Waals surface area contributed by atoms with E-state index in [2.05, 4.69) is 10.5 Å². The molecule has 0 aromatic rings. The Morgan fingerprint density at radius 3 is 2.92 bits per heavy atom. The number of likely N-dealkylation sites (tertiary alicyclic amines) is 1. The Kier molecular flexibility index (Phi) is 3.11. The second kappa shape index (κ2) is 4.11. The van der Waals surface area contributed by atoms with Crippen LogP contribution >= 0.6 is 0 Å². The molecule has 0 spiro atoms. The van der Waals surface area contributed by atoms with Crippen molar-refractivity contribution >= 4 is 11.7 Å². The molecule has 0 aromatic heterocycles. The van der Waals surface area contributed by atoms with E-state index in [1.807, 2.05) is 6.92 Å². The number of nitrogens with one attached hydrogen (secondary N) is 1. The van der Waals surface area contributed by atoms with Crippen LogP contribution in [0.4, 0.5) is 4.79 Å². The number of carbonyl (C=O) groups excluding carboxylic acids is 1. The molecule has 0 radical (unpaired) electrons. The first kappa shape index (κ1) is 9.83. The molecule has 2 N–H and O–H groups in total. The highest BCUT2D eigenvalue weighted by molar-refractivity contribution is 5.88. The smallest absolute Gasteiger partial charge is 0.317 e. The van der Waals surface area contributed by atoms with Crippen LogP contribution in [0.5, 0.6) is 0 Å². The molecular formula is C8H15N3O2. The van der Waals surface area contributed by atoms with E-state index in [9.17, 15) is 4.79 Å². The summed E-state index contributed by atoms with van der Waals surface area (Å²) in [6.07, 6.45) is 0.658. The Bertz CT molecular complexity index is 227. The molecule has 5 heteroatoms. The lowest BCUT2D eigenvalue weighted by Gasteiger charge is -2.30. The van der Waals surface area contributed by atoms with Crippen LogP contribution < -0.4 is 5.32 Å². The van der Waals surface area contributed by atoms with E-state index in [1.165, 1.54) is 0 Å². The summed E-state index contributed by atoms with van der Waals surface area (Å²) < 4.78 is 0. The topological polar surface area (TPSA) is 64.9 Å². The van der Waals surface area contributed by atoms with Crippen LogP contribution in [0.3, 0.4) is 0 Å². The van der Waals surface area contributed by atoms with Crippen LogP contribution in [0, 0.1) is 5.92 Å². The Morgan fingerprint density at radius 1 is 1.77 bits per heavy atom. The molecule has 1 saturated heterocycles. The first-order chi connectivity index (χ1) is 6.19. The summed E-state index contributed by atoms with van der Waals surface area (Å²) in [6, 6.07) is -0.0659. The predicted molar refractivity (Wildman–Crippen MR) is 49.0 cm³/mol. The number of piperidine rings is 1. The number of hydrogen-bond acceptors (Lipinski definition) is 3. The Labute approximate surface area is 77.4 Å². The Morgan fingerprint density at radius 2 is 2.46 bits per heavy atom. The Hall–Kier alpha value is -1.26. The number of amides is 2. The molecule has 13 heavy (non-hydrogen) atoms. The normalized spacial score (nSPS) is 26.2. The van der Waals surface area contributed by atoms with Gasteiger partial charge in [0.25, 0.3) is 0 Å². The minimum absolute atomic E-state index is 0.0659. The van der Waals surface area contributed by atoms with Crippen molar-refractivity contribution in [2.75, 3.05) is 20.1 Å².